The Labute approximate surface area is 158 Å². The maximum atomic E-state index is 12.5. The van der Waals surface area contributed by atoms with E-state index in [0.717, 1.165) is 5.75 Å². The van der Waals surface area contributed by atoms with Crippen LogP contribution in [-0.4, -0.2) is 62.3 Å². The van der Waals surface area contributed by atoms with E-state index in [9.17, 15) is 14.7 Å². The highest BCUT2D eigenvalue weighted by molar-refractivity contribution is 7.98. The Balaban J connectivity index is 2.07. The molecule has 144 valence electrons. The summed E-state index contributed by atoms with van der Waals surface area (Å²) >= 11 is 1.66. The minimum atomic E-state index is -0.447. The Morgan fingerprint density at radius 1 is 1.42 bits per heavy atom. The molecule has 1 heterocycles. The minimum absolute atomic E-state index is 0.108. The number of carbonyl (C=O) groups is 2. The molecule has 26 heavy (non-hydrogen) atoms. The van der Waals surface area contributed by atoms with Crippen LogP contribution in [0, 0.1) is 5.92 Å². The summed E-state index contributed by atoms with van der Waals surface area (Å²) in [7, 11) is 3.09. The molecule has 0 radical (unpaired) electrons. The molecule has 8 heteroatoms. The maximum absolute atomic E-state index is 12.5. The zero-order valence-corrected chi connectivity index (χ0v) is 16.2. The number of ether oxygens (including phenoxy) is 2. The van der Waals surface area contributed by atoms with Gasteiger partial charge in [-0.2, -0.15) is 11.8 Å². The molecule has 2 rings (SSSR count). The number of nitrogens with zero attached hydrogens (tertiary/aromatic N) is 1. The van der Waals surface area contributed by atoms with Crippen LogP contribution in [0.1, 0.15) is 12.8 Å². The summed E-state index contributed by atoms with van der Waals surface area (Å²) < 4.78 is 10.5. The Hall–Kier alpha value is -1.93. The molecule has 0 aliphatic carbocycles. The zero-order chi connectivity index (χ0) is 19.1. The molecule has 2 N–H and O–H groups in total. The van der Waals surface area contributed by atoms with Crippen molar-refractivity contribution in [1.82, 2.24) is 5.32 Å². The molecular weight excluding hydrogens is 356 g/mol. The number of carbonyl (C=O) groups excluding carboxylic acids is 2. The number of amides is 2. The van der Waals surface area contributed by atoms with E-state index < -0.39 is 5.92 Å². The van der Waals surface area contributed by atoms with Gasteiger partial charge in [0, 0.05) is 19.0 Å². The molecule has 1 saturated heterocycles. The topological polar surface area (TPSA) is 88.1 Å². The third-order valence-electron chi connectivity index (χ3n) is 4.41. The van der Waals surface area contributed by atoms with Crippen molar-refractivity contribution in [3.63, 3.8) is 0 Å². The fraction of sp³-hybridized carbons (Fsp3) is 0.556. The summed E-state index contributed by atoms with van der Waals surface area (Å²) in [4.78, 5) is 26.5. The molecule has 1 fully saturated rings. The highest BCUT2D eigenvalue weighted by Gasteiger charge is 2.36. The average molecular weight is 382 g/mol. The van der Waals surface area contributed by atoms with Gasteiger partial charge in [0.25, 0.3) is 0 Å². The largest absolute Gasteiger partial charge is 0.497 e. The van der Waals surface area contributed by atoms with Gasteiger partial charge in [0.1, 0.15) is 11.5 Å². The summed E-state index contributed by atoms with van der Waals surface area (Å²) in [5, 5.41) is 12.3. The van der Waals surface area contributed by atoms with Gasteiger partial charge in [-0.25, -0.2) is 0 Å². The van der Waals surface area contributed by atoms with E-state index in [2.05, 4.69) is 5.32 Å². The van der Waals surface area contributed by atoms with E-state index in [1.807, 2.05) is 6.26 Å². The molecule has 0 saturated carbocycles. The quantitative estimate of drug-likeness (QED) is 0.669. The van der Waals surface area contributed by atoms with Crippen molar-refractivity contribution in [1.29, 1.82) is 0 Å². The number of thioether (sulfide) groups is 1. The molecule has 0 spiro atoms. The minimum Gasteiger partial charge on any atom is -0.497 e. The number of rotatable bonds is 9. The third-order valence-corrected chi connectivity index (χ3v) is 5.05. The van der Waals surface area contributed by atoms with Gasteiger partial charge in [0.15, 0.2) is 0 Å². The number of nitrogens with one attached hydrogen (secondary N) is 1. The number of hydrogen-bond acceptors (Lipinski definition) is 6. The molecule has 1 aliphatic heterocycles. The molecule has 1 aliphatic rings. The van der Waals surface area contributed by atoms with Gasteiger partial charge in [-0.05, 0) is 30.6 Å². The number of methoxy groups -OCH3 is 2. The normalized spacial score (nSPS) is 17.9. The zero-order valence-electron chi connectivity index (χ0n) is 15.4. The number of aliphatic hydroxyl groups is 1. The fourth-order valence-corrected chi connectivity index (χ4v) is 3.43. The summed E-state index contributed by atoms with van der Waals surface area (Å²) in [6, 6.07) is 4.93. The van der Waals surface area contributed by atoms with Crippen molar-refractivity contribution < 1.29 is 24.2 Å². The van der Waals surface area contributed by atoms with Crippen LogP contribution >= 0.6 is 11.8 Å². The fourth-order valence-electron chi connectivity index (χ4n) is 2.91. The Morgan fingerprint density at radius 2 is 2.19 bits per heavy atom. The van der Waals surface area contributed by atoms with E-state index in [-0.39, 0.29) is 37.4 Å². The molecule has 1 aromatic carbocycles. The SMILES string of the molecule is COc1ccc(N2C[C@H](C(=O)N[C@H](CO)CCSC)CC2=O)c(OC)c1. The van der Waals surface area contributed by atoms with Crippen LogP contribution in [-0.2, 0) is 9.59 Å². The Bertz CT molecular complexity index is 640. The van der Waals surface area contributed by atoms with Crippen LogP contribution in [0.25, 0.3) is 0 Å². The van der Waals surface area contributed by atoms with Gasteiger partial charge in [0.2, 0.25) is 11.8 Å². The second-order valence-electron chi connectivity index (χ2n) is 6.11. The highest BCUT2D eigenvalue weighted by Crippen LogP contribution is 2.35. The van der Waals surface area contributed by atoms with Crippen molar-refractivity contribution in [3.8, 4) is 11.5 Å². The van der Waals surface area contributed by atoms with E-state index in [0.29, 0.717) is 23.6 Å². The maximum Gasteiger partial charge on any atom is 0.227 e. The molecule has 0 aromatic heterocycles. The lowest BCUT2D eigenvalue weighted by Crippen LogP contribution is -2.42. The molecule has 0 unspecified atom stereocenters. The van der Waals surface area contributed by atoms with Gasteiger partial charge in [-0.3, -0.25) is 9.59 Å². The lowest BCUT2D eigenvalue weighted by molar-refractivity contribution is -0.127. The first kappa shape index (κ1) is 20.4. The molecule has 2 amide bonds. The van der Waals surface area contributed by atoms with E-state index in [1.165, 1.54) is 7.11 Å². The molecule has 1 aromatic rings. The third kappa shape index (κ3) is 4.82. The summed E-state index contributed by atoms with van der Waals surface area (Å²) in [6.07, 6.45) is 2.81. The number of benzene rings is 1. The second kappa shape index (κ2) is 9.68. The molecular formula is C18H26N2O5S. The number of anilines is 1. The first-order valence-electron chi connectivity index (χ1n) is 8.46. The Morgan fingerprint density at radius 3 is 2.81 bits per heavy atom. The van der Waals surface area contributed by atoms with Crippen LogP contribution < -0.4 is 19.7 Å². The van der Waals surface area contributed by atoms with Crippen LogP contribution in [0.5, 0.6) is 11.5 Å². The van der Waals surface area contributed by atoms with Crippen LogP contribution in [0.4, 0.5) is 5.69 Å². The van der Waals surface area contributed by atoms with Crippen LogP contribution in [0.3, 0.4) is 0 Å². The van der Waals surface area contributed by atoms with Gasteiger partial charge in [-0.15, -0.1) is 0 Å². The average Bonchev–Trinajstić information content (AvgIpc) is 3.05. The predicted octanol–water partition coefficient (Wildman–Crippen LogP) is 1.29. The smallest absolute Gasteiger partial charge is 0.227 e. The van der Waals surface area contributed by atoms with E-state index in [4.69, 9.17) is 9.47 Å². The van der Waals surface area contributed by atoms with Crippen molar-refractivity contribution in [3.05, 3.63) is 18.2 Å². The Kier molecular flexibility index (Phi) is 7.59. The van der Waals surface area contributed by atoms with Crippen LogP contribution in [0.2, 0.25) is 0 Å². The standard InChI is InChI=1S/C18H26N2O5S/c1-24-14-4-5-15(16(9-14)25-2)20-10-12(8-17(20)22)18(23)19-13(11-21)6-7-26-3/h4-5,9,12-13,21H,6-8,10-11H2,1-3H3,(H,19,23)/t12-,13+/m1/s1. The molecule has 7 nitrogen and oxygen atoms in total. The van der Waals surface area contributed by atoms with Gasteiger partial charge < -0.3 is 24.8 Å². The monoisotopic (exact) mass is 382 g/mol. The summed E-state index contributed by atoms with van der Waals surface area (Å²) in [5.74, 6) is 1.23. The summed E-state index contributed by atoms with van der Waals surface area (Å²) in [5.41, 5.74) is 0.620. The van der Waals surface area contributed by atoms with Crippen molar-refractivity contribution in [2.24, 2.45) is 5.92 Å². The van der Waals surface area contributed by atoms with E-state index in [1.54, 1.807) is 42.0 Å². The first-order valence-corrected chi connectivity index (χ1v) is 9.86. The van der Waals surface area contributed by atoms with Crippen molar-refractivity contribution >= 4 is 29.3 Å². The number of aliphatic hydroxyl groups excluding tert-OH is 1. The first-order chi connectivity index (χ1) is 12.5. The number of hydrogen-bond donors (Lipinski definition) is 2. The second-order valence-corrected chi connectivity index (χ2v) is 7.10. The molecule has 2 atom stereocenters. The van der Waals surface area contributed by atoms with Gasteiger partial charge in [0.05, 0.1) is 38.5 Å². The highest BCUT2D eigenvalue weighted by atomic mass is 32.2. The van der Waals surface area contributed by atoms with Crippen molar-refractivity contribution in [2.45, 2.75) is 18.9 Å². The van der Waals surface area contributed by atoms with E-state index >= 15 is 0 Å². The predicted molar refractivity (Wildman–Crippen MR) is 102 cm³/mol. The van der Waals surface area contributed by atoms with Gasteiger partial charge in [-0.1, -0.05) is 0 Å². The lowest BCUT2D eigenvalue weighted by atomic mass is 10.1. The van der Waals surface area contributed by atoms with Gasteiger partial charge >= 0.3 is 0 Å². The van der Waals surface area contributed by atoms with Crippen LogP contribution in [0.15, 0.2) is 18.2 Å². The summed E-state index contributed by atoms with van der Waals surface area (Å²) in [6.45, 7) is 0.178. The molecule has 0 bridgehead atoms. The lowest BCUT2D eigenvalue weighted by Gasteiger charge is -2.21. The van der Waals surface area contributed by atoms with Crippen molar-refractivity contribution in [2.75, 3.05) is 44.3 Å².